The van der Waals surface area contributed by atoms with Gasteiger partial charge in [-0.15, -0.1) is 0 Å². The molecule has 0 fully saturated rings. The van der Waals surface area contributed by atoms with Gasteiger partial charge in [0.25, 0.3) is 0 Å². The van der Waals surface area contributed by atoms with E-state index in [0.717, 1.165) is 0 Å². The maximum Gasteiger partial charge on any atom is 0.150 e. The van der Waals surface area contributed by atoms with Gasteiger partial charge in [0.1, 0.15) is 12.1 Å². The number of aliphatic hydroxyl groups excluding tert-OH is 1. The van der Waals surface area contributed by atoms with Crippen molar-refractivity contribution in [2.24, 2.45) is 0 Å². The Labute approximate surface area is 94.5 Å². The Balaban J connectivity index is 3.07. The molecule has 0 saturated carbocycles. The second kappa shape index (κ2) is 5.61. The third-order valence-electron chi connectivity index (χ3n) is 2.34. The van der Waals surface area contributed by atoms with Gasteiger partial charge >= 0.3 is 0 Å². The van der Waals surface area contributed by atoms with Crippen LogP contribution in [0.3, 0.4) is 0 Å². The first-order valence-corrected chi connectivity index (χ1v) is 5.21. The number of anilines is 1. The summed E-state index contributed by atoms with van der Waals surface area (Å²) in [5.74, 6) is -0.441. The molecular weight excluding hydrogens is 209 g/mol. The minimum absolute atomic E-state index is 0.00881. The second-order valence-corrected chi connectivity index (χ2v) is 3.87. The van der Waals surface area contributed by atoms with E-state index in [9.17, 15) is 9.18 Å². The van der Waals surface area contributed by atoms with Gasteiger partial charge in [0.15, 0.2) is 0 Å². The highest BCUT2D eigenvalue weighted by atomic mass is 19.1. The third-order valence-corrected chi connectivity index (χ3v) is 2.34. The Morgan fingerprint density at radius 3 is 2.62 bits per heavy atom. The van der Waals surface area contributed by atoms with Crippen molar-refractivity contribution in [3.8, 4) is 0 Å². The molecule has 0 aromatic heterocycles. The fraction of sp³-hybridized carbons (Fsp3) is 0.417. The monoisotopic (exact) mass is 225 g/mol. The molecule has 0 aliphatic heterocycles. The summed E-state index contributed by atoms with van der Waals surface area (Å²) in [7, 11) is 0. The van der Waals surface area contributed by atoms with Crippen molar-refractivity contribution in [3.05, 3.63) is 29.6 Å². The number of hydrogen-bond donors (Lipinski definition) is 1. The van der Waals surface area contributed by atoms with Crippen LogP contribution in [0.1, 0.15) is 24.2 Å². The van der Waals surface area contributed by atoms with Crippen molar-refractivity contribution in [1.29, 1.82) is 0 Å². The molecule has 0 unspecified atom stereocenters. The molecule has 0 bridgehead atoms. The topological polar surface area (TPSA) is 40.5 Å². The quantitative estimate of drug-likeness (QED) is 0.777. The van der Waals surface area contributed by atoms with Crippen LogP contribution < -0.4 is 4.90 Å². The van der Waals surface area contributed by atoms with Crippen LogP contribution in [-0.4, -0.2) is 30.6 Å². The molecule has 1 N–H and O–H groups in total. The van der Waals surface area contributed by atoms with Gasteiger partial charge in [0.2, 0.25) is 0 Å². The molecule has 0 atom stereocenters. The Hall–Kier alpha value is -1.42. The number of halogens is 1. The predicted molar refractivity (Wildman–Crippen MR) is 61.4 cm³/mol. The summed E-state index contributed by atoms with van der Waals surface area (Å²) in [6, 6.07) is 4.30. The molecule has 1 aromatic carbocycles. The summed E-state index contributed by atoms with van der Waals surface area (Å²) in [6.07, 6.45) is 0.615. The highest BCUT2D eigenvalue weighted by molar-refractivity contribution is 5.77. The fourth-order valence-electron chi connectivity index (χ4n) is 1.62. The number of hydrogen-bond acceptors (Lipinski definition) is 3. The smallest absolute Gasteiger partial charge is 0.150 e. The SMILES string of the molecule is CC(C)N(CCO)c1cc(F)cc(C=O)c1. The van der Waals surface area contributed by atoms with Crippen molar-refractivity contribution in [1.82, 2.24) is 0 Å². The Kier molecular flexibility index (Phi) is 4.43. The maximum atomic E-state index is 13.2. The molecule has 0 amide bonds. The molecule has 4 heteroatoms. The van der Waals surface area contributed by atoms with Crippen LogP contribution in [0.5, 0.6) is 0 Å². The van der Waals surface area contributed by atoms with Crippen LogP contribution in [0.25, 0.3) is 0 Å². The molecule has 0 spiro atoms. The molecule has 1 rings (SSSR count). The predicted octanol–water partition coefficient (Wildman–Crippen LogP) is 1.85. The fourth-order valence-corrected chi connectivity index (χ4v) is 1.62. The van der Waals surface area contributed by atoms with Crippen LogP contribution in [-0.2, 0) is 0 Å². The largest absolute Gasteiger partial charge is 0.395 e. The zero-order valence-corrected chi connectivity index (χ0v) is 9.48. The average Bonchev–Trinajstić information content (AvgIpc) is 2.24. The standard InChI is InChI=1S/C12H16FNO2/c1-9(2)14(3-4-15)12-6-10(8-16)5-11(13)7-12/h5-9,15H,3-4H2,1-2H3. The molecule has 16 heavy (non-hydrogen) atoms. The van der Waals surface area contributed by atoms with Gasteiger partial charge in [0.05, 0.1) is 6.61 Å². The van der Waals surface area contributed by atoms with Crippen molar-refractivity contribution in [2.75, 3.05) is 18.1 Å². The molecule has 0 heterocycles. The zero-order chi connectivity index (χ0) is 12.1. The van der Waals surface area contributed by atoms with Crippen LogP contribution in [0.4, 0.5) is 10.1 Å². The lowest BCUT2D eigenvalue weighted by atomic mass is 10.1. The summed E-state index contributed by atoms with van der Waals surface area (Å²) >= 11 is 0. The van der Waals surface area contributed by atoms with E-state index in [2.05, 4.69) is 0 Å². The van der Waals surface area contributed by atoms with Gasteiger partial charge in [-0.3, -0.25) is 4.79 Å². The minimum Gasteiger partial charge on any atom is -0.395 e. The Morgan fingerprint density at radius 2 is 2.12 bits per heavy atom. The highest BCUT2D eigenvalue weighted by Gasteiger charge is 2.11. The van der Waals surface area contributed by atoms with E-state index in [1.807, 2.05) is 18.7 Å². The van der Waals surface area contributed by atoms with Gasteiger partial charge in [-0.05, 0) is 32.0 Å². The van der Waals surface area contributed by atoms with Crippen molar-refractivity contribution in [2.45, 2.75) is 19.9 Å². The molecule has 1 aromatic rings. The number of aliphatic hydroxyl groups is 1. The minimum atomic E-state index is -0.441. The van der Waals surface area contributed by atoms with Crippen molar-refractivity contribution < 1.29 is 14.3 Å². The van der Waals surface area contributed by atoms with Crippen molar-refractivity contribution >= 4 is 12.0 Å². The van der Waals surface area contributed by atoms with E-state index < -0.39 is 5.82 Å². The van der Waals surface area contributed by atoms with E-state index in [4.69, 9.17) is 5.11 Å². The first kappa shape index (κ1) is 12.6. The average molecular weight is 225 g/mol. The van der Waals surface area contributed by atoms with Gasteiger partial charge in [-0.25, -0.2) is 4.39 Å². The summed E-state index contributed by atoms with van der Waals surface area (Å²) in [6.45, 7) is 4.30. The summed E-state index contributed by atoms with van der Waals surface area (Å²) in [5, 5.41) is 8.94. The first-order chi connectivity index (χ1) is 7.58. The lowest BCUT2D eigenvalue weighted by Gasteiger charge is -2.28. The van der Waals surface area contributed by atoms with Crippen LogP contribution in [0.2, 0.25) is 0 Å². The van der Waals surface area contributed by atoms with E-state index in [1.54, 1.807) is 6.07 Å². The van der Waals surface area contributed by atoms with Gasteiger partial charge < -0.3 is 10.0 Å². The maximum absolute atomic E-state index is 13.2. The Morgan fingerprint density at radius 1 is 1.44 bits per heavy atom. The van der Waals surface area contributed by atoms with E-state index in [1.165, 1.54) is 12.1 Å². The van der Waals surface area contributed by atoms with Gasteiger partial charge in [-0.2, -0.15) is 0 Å². The van der Waals surface area contributed by atoms with Crippen LogP contribution in [0.15, 0.2) is 18.2 Å². The zero-order valence-electron chi connectivity index (χ0n) is 9.48. The summed E-state index contributed by atoms with van der Waals surface area (Å²) in [4.78, 5) is 12.5. The lowest BCUT2D eigenvalue weighted by molar-refractivity contribution is 0.112. The highest BCUT2D eigenvalue weighted by Crippen LogP contribution is 2.19. The third kappa shape index (κ3) is 3.03. The summed E-state index contributed by atoms with van der Waals surface area (Å²) < 4.78 is 13.2. The number of carbonyl (C=O) groups is 1. The van der Waals surface area contributed by atoms with E-state index >= 15 is 0 Å². The van der Waals surface area contributed by atoms with Crippen LogP contribution >= 0.6 is 0 Å². The number of carbonyl (C=O) groups excluding carboxylic acids is 1. The number of rotatable bonds is 5. The lowest BCUT2D eigenvalue weighted by Crippen LogP contribution is -2.33. The summed E-state index contributed by atoms with van der Waals surface area (Å²) in [5.41, 5.74) is 0.921. The number of aldehydes is 1. The molecule has 0 radical (unpaired) electrons. The Bertz CT molecular complexity index is 366. The van der Waals surface area contributed by atoms with Crippen molar-refractivity contribution in [3.63, 3.8) is 0 Å². The normalized spacial score (nSPS) is 10.6. The molecule has 0 aliphatic rings. The molecule has 0 aliphatic carbocycles. The number of nitrogens with zero attached hydrogens (tertiary/aromatic N) is 1. The van der Waals surface area contributed by atoms with E-state index in [-0.39, 0.29) is 12.6 Å². The van der Waals surface area contributed by atoms with E-state index in [0.29, 0.717) is 24.1 Å². The molecular formula is C12H16FNO2. The first-order valence-electron chi connectivity index (χ1n) is 5.21. The van der Waals surface area contributed by atoms with Gasteiger partial charge in [-0.1, -0.05) is 0 Å². The molecule has 0 saturated heterocycles. The molecule has 3 nitrogen and oxygen atoms in total. The van der Waals surface area contributed by atoms with Crippen LogP contribution in [0, 0.1) is 5.82 Å². The second-order valence-electron chi connectivity index (χ2n) is 3.87. The molecule has 88 valence electrons. The number of benzene rings is 1. The van der Waals surface area contributed by atoms with Gasteiger partial charge in [0, 0.05) is 23.8 Å².